The number of ether oxygens (including phenoxy) is 3. The summed E-state index contributed by atoms with van der Waals surface area (Å²) in [5.41, 5.74) is 0. The summed E-state index contributed by atoms with van der Waals surface area (Å²) in [5.74, 6) is -0.844. The number of allylic oxidation sites excluding steroid dienone is 8. The van der Waals surface area contributed by atoms with Crippen LogP contribution in [0, 0.1) is 0 Å². The summed E-state index contributed by atoms with van der Waals surface area (Å²) < 4.78 is 16.9. The normalized spacial score (nSPS) is 12.3. The molecule has 1 unspecified atom stereocenters. The average Bonchev–Trinajstić information content (AvgIpc) is 3.40. The Morgan fingerprint density at radius 2 is 0.527 bits per heavy atom. The molecule has 0 aromatic carbocycles. The number of carbonyl (C=O) groups excluding carboxylic acids is 3. The van der Waals surface area contributed by atoms with Crippen LogP contribution in [0.1, 0.15) is 348 Å². The van der Waals surface area contributed by atoms with Gasteiger partial charge in [0.1, 0.15) is 13.2 Å². The molecule has 0 fully saturated rings. The summed E-state index contributed by atoms with van der Waals surface area (Å²) >= 11 is 0. The minimum atomic E-state index is -0.767. The van der Waals surface area contributed by atoms with E-state index >= 15 is 0 Å². The van der Waals surface area contributed by atoms with Gasteiger partial charge in [0.05, 0.1) is 0 Å². The molecule has 0 aromatic rings. The van der Waals surface area contributed by atoms with Gasteiger partial charge in [-0.15, -0.1) is 0 Å². The minimum Gasteiger partial charge on any atom is -0.462 e. The van der Waals surface area contributed by atoms with E-state index in [1.165, 1.54) is 225 Å². The first kappa shape index (κ1) is 71.4. The lowest BCUT2D eigenvalue weighted by molar-refractivity contribution is -0.167. The van der Waals surface area contributed by atoms with Crippen molar-refractivity contribution in [3.05, 3.63) is 48.6 Å². The van der Waals surface area contributed by atoms with E-state index in [0.717, 1.165) is 83.5 Å². The Hall–Kier alpha value is -2.63. The highest BCUT2D eigenvalue weighted by molar-refractivity contribution is 5.71. The molecule has 74 heavy (non-hydrogen) atoms. The van der Waals surface area contributed by atoms with Crippen molar-refractivity contribution in [1.29, 1.82) is 0 Å². The van der Waals surface area contributed by atoms with Gasteiger partial charge < -0.3 is 14.2 Å². The quantitative estimate of drug-likeness (QED) is 0.0261. The number of carbonyl (C=O) groups is 3. The monoisotopic (exact) mass is 1040 g/mol. The van der Waals surface area contributed by atoms with E-state index in [9.17, 15) is 14.4 Å². The third-order valence-electron chi connectivity index (χ3n) is 14.6. The molecule has 0 bridgehead atoms. The lowest BCUT2D eigenvalue weighted by atomic mass is 10.0. The van der Waals surface area contributed by atoms with E-state index in [4.69, 9.17) is 14.2 Å². The molecule has 6 heteroatoms. The first-order valence-electron chi connectivity index (χ1n) is 32.6. The van der Waals surface area contributed by atoms with Gasteiger partial charge in [0.2, 0.25) is 0 Å². The molecule has 0 spiro atoms. The summed E-state index contributed by atoms with van der Waals surface area (Å²) in [6, 6.07) is 0. The SMILES string of the molecule is CC/C=C\C/C=C\C/C=C\C/C=C\CCCCCCCCCCCCCCCCCCC(=O)OCC(COC(=O)CCCCCCCCCCCC)OC(=O)CCCCCCCCCCCCCCCCCCC. The third-order valence-corrected chi connectivity index (χ3v) is 14.6. The molecule has 0 radical (unpaired) electrons. The van der Waals surface area contributed by atoms with Crippen molar-refractivity contribution in [3.63, 3.8) is 0 Å². The van der Waals surface area contributed by atoms with E-state index in [2.05, 4.69) is 69.4 Å². The zero-order chi connectivity index (χ0) is 53.6. The molecule has 0 saturated heterocycles. The highest BCUT2D eigenvalue weighted by atomic mass is 16.6. The van der Waals surface area contributed by atoms with Crippen LogP contribution in [0.15, 0.2) is 48.6 Å². The van der Waals surface area contributed by atoms with Crippen molar-refractivity contribution >= 4 is 17.9 Å². The predicted molar refractivity (Wildman–Crippen MR) is 321 cm³/mol. The Balaban J connectivity index is 4.12. The van der Waals surface area contributed by atoms with E-state index in [1.807, 2.05) is 0 Å². The topological polar surface area (TPSA) is 78.9 Å². The Morgan fingerprint density at radius 3 is 0.824 bits per heavy atom. The Bertz CT molecular complexity index is 1280. The van der Waals surface area contributed by atoms with Gasteiger partial charge in [-0.25, -0.2) is 0 Å². The fourth-order valence-electron chi connectivity index (χ4n) is 9.73. The van der Waals surface area contributed by atoms with Crippen LogP contribution in [0.25, 0.3) is 0 Å². The van der Waals surface area contributed by atoms with Crippen molar-refractivity contribution in [2.75, 3.05) is 13.2 Å². The Kier molecular flexibility index (Phi) is 60.7. The van der Waals surface area contributed by atoms with Crippen molar-refractivity contribution < 1.29 is 28.6 Å². The van der Waals surface area contributed by atoms with Crippen molar-refractivity contribution in [2.24, 2.45) is 0 Å². The molecule has 432 valence electrons. The summed E-state index contributed by atoms with van der Waals surface area (Å²) in [7, 11) is 0. The molecule has 0 aliphatic rings. The average molecular weight is 1040 g/mol. The van der Waals surface area contributed by atoms with E-state index in [1.54, 1.807) is 0 Å². The highest BCUT2D eigenvalue weighted by Crippen LogP contribution is 2.18. The second-order valence-corrected chi connectivity index (χ2v) is 22.0. The third kappa shape index (κ3) is 60.2. The van der Waals surface area contributed by atoms with Crippen LogP contribution in [0.3, 0.4) is 0 Å². The second kappa shape index (κ2) is 62.9. The largest absolute Gasteiger partial charge is 0.462 e. The fraction of sp³-hybridized carbons (Fsp3) is 0.838. The first-order valence-corrected chi connectivity index (χ1v) is 32.6. The van der Waals surface area contributed by atoms with E-state index < -0.39 is 6.10 Å². The Morgan fingerprint density at radius 1 is 0.284 bits per heavy atom. The minimum absolute atomic E-state index is 0.0662. The van der Waals surface area contributed by atoms with Crippen LogP contribution in [-0.4, -0.2) is 37.2 Å². The summed E-state index contributed by atoms with van der Waals surface area (Å²) in [4.78, 5) is 38.2. The van der Waals surface area contributed by atoms with Gasteiger partial charge >= 0.3 is 17.9 Å². The fourth-order valence-corrected chi connectivity index (χ4v) is 9.73. The van der Waals surface area contributed by atoms with Gasteiger partial charge in [0.15, 0.2) is 6.10 Å². The molecule has 6 nitrogen and oxygen atoms in total. The van der Waals surface area contributed by atoms with Gasteiger partial charge in [-0.2, -0.15) is 0 Å². The van der Waals surface area contributed by atoms with Crippen LogP contribution in [-0.2, 0) is 28.6 Å². The summed E-state index contributed by atoms with van der Waals surface area (Å²) in [5, 5.41) is 0. The molecular formula is C68H124O6. The predicted octanol–water partition coefficient (Wildman–Crippen LogP) is 22.2. The van der Waals surface area contributed by atoms with Gasteiger partial charge in [-0.05, 0) is 57.8 Å². The van der Waals surface area contributed by atoms with Crippen molar-refractivity contribution in [3.8, 4) is 0 Å². The van der Waals surface area contributed by atoms with Crippen LogP contribution < -0.4 is 0 Å². The molecule has 0 aromatic heterocycles. The maximum Gasteiger partial charge on any atom is 0.306 e. The zero-order valence-electron chi connectivity index (χ0n) is 49.6. The van der Waals surface area contributed by atoms with E-state index in [0.29, 0.717) is 19.3 Å². The first-order chi connectivity index (χ1) is 36.5. The molecule has 0 N–H and O–H groups in total. The number of hydrogen-bond acceptors (Lipinski definition) is 6. The lowest BCUT2D eigenvalue weighted by Gasteiger charge is -2.18. The lowest BCUT2D eigenvalue weighted by Crippen LogP contribution is -2.30. The molecule has 0 amide bonds. The number of unbranched alkanes of at least 4 members (excludes halogenated alkanes) is 41. The Labute approximate surface area is 460 Å². The van der Waals surface area contributed by atoms with Crippen molar-refractivity contribution in [1.82, 2.24) is 0 Å². The maximum absolute atomic E-state index is 12.9. The van der Waals surface area contributed by atoms with Gasteiger partial charge in [0.25, 0.3) is 0 Å². The molecule has 0 saturated carbocycles. The number of esters is 3. The van der Waals surface area contributed by atoms with Gasteiger partial charge in [-0.1, -0.05) is 320 Å². The molecule has 0 heterocycles. The molecule has 0 rings (SSSR count). The van der Waals surface area contributed by atoms with Gasteiger partial charge in [-0.3, -0.25) is 14.4 Å². The van der Waals surface area contributed by atoms with Crippen LogP contribution in [0.2, 0.25) is 0 Å². The van der Waals surface area contributed by atoms with Gasteiger partial charge in [0, 0.05) is 19.3 Å². The molecular weight excluding hydrogens is 913 g/mol. The molecule has 0 aliphatic heterocycles. The molecule has 1 atom stereocenters. The van der Waals surface area contributed by atoms with Crippen LogP contribution in [0.4, 0.5) is 0 Å². The van der Waals surface area contributed by atoms with E-state index in [-0.39, 0.29) is 31.1 Å². The van der Waals surface area contributed by atoms with Crippen LogP contribution in [0.5, 0.6) is 0 Å². The second-order valence-electron chi connectivity index (χ2n) is 22.0. The van der Waals surface area contributed by atoms with Crippen molar-refractivity contribution in [2.45, 2.75) is 354 Å². The summed E-state index contributed by atoms with van der Waals surface area (Å²) in [6.07, 6.45) is 78.5. The maximum atomic E-state index is 12.9. The highest BCUT2D eigenvalue weighted by Gasteiger charge is 2.19. The number of rotatable bonds is 60. The smallest absolute Gasteiger partial charge is 0.306 e. The van der Waals surface area contributed by atoms with Crippen LogP contribution >= 0.6 is 0 Å². The standard InChI is InChI=1S/C68H124O6/c1-4-7-10-13-16-19-22-24-26-28-29-30-31-32-33-34-35-36-37-38-39-41-42-44-46-49-52-55-58-61-67(70)73-64-65(63-72-66(69)60-57-54-51-48-21-18-15-12-9-6-3)74-68(71)62-59-56-53-50-47-45-43-40-27-25-23-20-17-14-11-8-5-2/h7,10,16,19,24,26,29-30,65H,4-6,8-9,11-15,17-18,20-23,25,27-28,31-64H2,1-3H3/b10-7-,19-16-,26-24-,30-29-. The zero-order valence-corrected chi connectivity index (χ0v) is 49.6. The molecule has 0 aliphatic carbocycles. The summed E-state index contributed by atoms with van der Waals surface area (Å²) in [6.45, 7) is 6.57. The number of hydrogen-bond donors (Lipinski definition) is 0.